The number of nitrogens with zero attached hydrogens (tertiary/aromatic N) is 3. The molecule has 0 saturated carbocycles. The lowest BCUT2D eigenvalue weighted by molar-refractivity contribution is 0.630. The molecule has 0 aliphatic rings. The van der Waals surface area contributed by atoms with Gasteiger partial charge in [-0.05, 0) is 6.07 Å². The Labute approximate surface area is 112 Å². The fraction of sp³-hybridized carbons (Fsp3) is 0.0833. The van der Waals surface area contributed by atoms with E-state index in [2.05, 4.69) is 20.3 Å². The summed E-state index contributed by atoms with van der Waals surface area (Å²) in [4.78, 5) is 21.8. The number of aromatic nitrogens is 4. The van der Waals surface area contributed by atoms with Gasteiger partial charge in [-0.3, -0.25) is 4.79 Å². The zero-order valence-corrected chi connectivity index (χ0v) is 10.5. The van der Waals surface area contributed by atoms with Gasteiger partial charge in [-0.15, -0.1) is 0 Å². The number of nitrogen functional groups attached to an aromatic ring is 1. The number of H-pyrrole nitrogens is 1. The van der Waals surface area contributed by atoms with Crippen LogP contribution in [-0.2, 0) is 0 Å². The third-order valence-corrected chi connectivity index (χ3v) is 2.89. The molecule has 0 atom stereocenters. The smallest absolute Gasteiger partial charge is 0.290 e. The Bertz CT molecular complexity index is 853. The second-order valence-electron chi connectivity index (χ2n) is 4.19. The second-order valence-corrected chi connectivity index (χ2v) is 4.19. The lowest BCUT2D eigenvalue weighted by atomic mass is 10.2. The highest BCUT2D eigenvalue weighted by molar-refractivity contribution is 5.62. The first-order valence-corrected chi connectivity index (χ1v) is 5.79. The van der Waals surface area contributed by atoms with Crippen molar-refractivity contribution >= 4 is 17.3 Å². The van der Waals surface area contributed by atoms with Crippen molar-refractivity contribution < 1.29 is 4.39 Å². The topological polar surface area (TPSA) is 101 Å². The maximum absolute atomic E-state index is 14.0. The summed E-state index contributed by atoms with van der Waals surface area (Å²) in [6, 6.07) is 1.28. The number of fused-ring (bicyclic) bond motifs is 1. The van der Waals surface area contributed by atoms with Crippen molar-refractivity contribution in [1.82, 2.24) is 19.4 Å². The van der Waals surface area contributed by atoms with Gasteiger partial charge in [0.1, 0.15) is 5.82 Å². The van der Waals surface area contributed by atoms with Gasteiger partial charge in [-0.2, -0.15) is 0 Å². The highest BCUT2D eigenvalue weighted by atomic mass is 19.1. The summed E-state index contributed by atoms with van der Waals surface area (Å²) in [5.74, 6) is -0.0814. The van der Waals surface area contributed by atoms with E-state index in [9.17, 15) is 9.18 Å². The van der Waals surface area contributed by atoms with Gasteiger partial charge in [0.05, 0.1) is 18.1 Å². The molecule has 3 aromatic heterocycles. The number of nitrogens with one attached hydrogen (secondary N) is 2. The van der Waals surface area contributed by atoms with Gasteiger partial charge in [-0.25, -0.2) is 14.4 Å². The van der Waals surface area contributed by atoms with Crippen LogP contribution in [0.5, 0.6) is 0 Å². The van der Waals surface area contributed by atoms with Crippen LogP contribution < -0.4 is 16.6 Å². The molecule has 0 aromatic carbocycles. The van der Waals surface area contributed by atoms with Gasteiger partial charge in [0.15, 0.2) is 17.3 Å². The highest BCUT2D eigenvalue weighted by Gasteiger charge is 2.10. The van der Waals surface area contributed by atoms with E-state index in [1.165, 1.54) is 16.7 Å². The first kappa shape index (κ1) is 12.2. The predicted molar refractivity (Wildman–Crippen MR) is 73.0 cm³/mol. The van der Waals surface area contributed by atoms with Crippen molar-refractivity contribution in [3.05, 3.63) is 40.8 Å². The number of pyridine rings is 1. The molecule has 8 heteroatoms. The average molecular weight is 274 g/mol. The van der Waals surface area contributed by atoms with Crippen LogP contribution in [0.2, 0.25) is 0 Å². The Morgan fingerprint density at radius 2 is 2.25 bits per heavy atom. The van der Waals surface area contributed by atoms with Crippen LogP contribution in [0.25, 0.3) is 16.9 Å². The van der Waals surface area contributed by atoms with E-state index >= 15 is 0 Å². The van der Waals surface area contributed by atoms with Crippen LogP contribution in [0.15, 0.2) is 29.5 Å². The second kappa shape index (κ2) is 4.34. The quantitative estimate of drug-likeness (QED) is 0.643. The third kappa shape index (κ3) is 1.87. The molecular weight excluding hydrogens is 263 g/mol. The van der Waals surface area contributed by atoms with E-state index in [-0.39, 0.29) is 11.5 Å². The van der Waals surface area contributed by atoms with E-state index in [0.717, 1.165) is 0 Å². The minimum absolute atomic E-state index is 0.129. The van der Waals surface area contributed by atoms with E-state index < -0.39 is 11.4 Å². The SMILES string of the molecule is CNc1cn2cc(-c3cnc(N)c(=O)[nH]3)cc(F)c2n1. The van der Waals surface area contributed by atoms with Crippen molar-refractivity contribution in [3.63, 3.8) is 0 Å². The summed E-state index contributed by atoms with van der Waals surface area (Å²) in [5, 5.41) is 2.83. The third-order valence-electron chi connectivity index (χ3n) is 2.89. The summed E-state index contributed by atoms with van der Waals surface area (Å²) >= 11 is 0. The van der Waals surface area contributed by atoms with Gasteiger partial charge in [-0.1, -0.05) is 0 Å². The number of rotatable bonds is 2. The molecule has 0 bridgehead atoms. The number of hydrogen-bond acceptors (Lipinski definition) is 5. The van der Waals surface area contributed by atoms with Crippen LogP contribution in [0, 0.1) is 5.82 Å². The number of nitrogens with two attached hydrogens (primary N) is 1. The van der Waals surface area contributed by atoms with Gasteiger partial charge in [0.25, 0.3) is 5.56 Å². The number of anilines is 2. The first-order valence-electron chi connectivity index (χ1n) is 5.79. The predicted octanol–water partition coefficient (Wildman–Crippen LogP) is 0.848. The van der Waals surface area contributed by atoms with Gasteiger partial charge in [0.2, 0.25) is 0 Å². The van der Waals surface area contributed by atoms with Crippen LogP contribution >= 0.6 is 0 Å². The van der Waals surface area contributed by atoms with Gasteiger partial charge < -0.3 is 20.4 Å². The molecule has 0 saturated heterocycles. The molecular formula is C12H11FN6O. The summed E-state index contributed by atoms with van der Waals surface area (Å²) in [5.41, 5.74) is 5.90. The molecule has 0 aliphatic carbocycles. The molecule has 0 radical (unpaired) electrons. The number of hydrogen-bond donors (Lipinski definition) is 3. The molecule has 0 spiro atoms. The summed E-state index contributed by atoms with van der Waals surface area (Å²) in [6.07, 6.45) is 4.67. The number of aromatic amines is 1. The minimum Gasteiger partial charge on any atom is -0.379 e. The molecule has 4 N–H and O–H groups in total. The largest absolute Gasteiger partial charge is 0.379 e. The fourth-order valence-corrected chi connectivity index (χ4v) is 1.88. The van der Waals surface area contributed by atoms with Gasteiger partial charge in [0, 0.05) is 18.8 Å². The standard InChI is InChI=1S/C12H11FN6O/c1-15-9-5-19-4-6(2-7(13)11(19)18-9)8-3-16-10(14)12(20)17-8/h2-5,15H,1H3,(H2,14,16)(H,17,20). The van der Waals surface area contributed by atoms with E-state index in [1.807, 2.05) is 0 Å². The Morgan fingerprint density at radius 3 is 2.95 bits per heavy atom. The zero-order valence-electron chi connectivity index (χ0n) is 10.5. The van der Waals surface area contributed by atoms with E-state index in [1.54, 1.807) is 19.4 Å². The molecule has 3 heterocycles. The summed E-state index contributed by atoms with van der Waals surface area (Å²) < 4.78 is 15.5. The van der Waals surface area contributed by atoms with E-state index in [0.29, 0.717) is 17.1 Å². The molecule has 102 valence electrons. The Kier molecular flexibility index (Phi) is 2.63. The minimum atomic E-state index is -0.510. The maximum atomic E-state index is 14.0. The summed E-state index contributed by atoms with van der Waals surface area (Å²) in [7, 11) is 1.70. The van der Waals surface area contributed by atoms with E-state index in [4.69, 9.17) is 5.73 Å². The summed E-state index contributed by atoms with van der Waals surface area (Å²) in [6.45, 7) is 0. The van der Waals surface area contributed by atoms with Crippen molar-refractivity contribution in [1.29, 1.82) is 0 Å². The molecule has 0 amide bonds. The van der Waals surface area contributed by atoms with Gasteiger partial charge >= 0.3 is 0 Å². The Balaban J connectivity index is 2.20. The molecule has 20 heavy (non-hydrogen) atoms. The molecule has 0 fully saturated rings. The number of imidazole rings is 1. The lowest BCUT2D eigenvalue weighted by Crippen LogP contribution is -2.14. The molecule has 0 unspecified atom stereocenters. The molecule has 3 rings (SSSR count). The first-order chi connectivity index (χ1) is 9.58. The molecule has 0 aliphatic heterocycles. The normalized spacial score (nSPS) is 10.9. The fourth-order valence-electron chi connectivity index (χ4n) is 1.88. The van der Waals surface area contributed by atoms with Crippen LogP contribution in [-0.4, -0.2) is 26.4 Å². The maximum Gasteiger partial charge on any atom is 0.290 e. The van der Waals surface area contributed by atoms with Crippen molar-refractivity contribution in [2.24, 2.45) is 0 Å². The molecule has 7 nitrogen and oxygen atoms in total. The molecule has 3 aromatic rings. The van der Waals surface area contributed by atoms with Crippen LogP contribution in [0.3, 0.4) is 0 Å². The van der Waals surface area contributed by atoms with Crippen molar-refractivity contribution in [2.45, 2.75) is 0 Å². The lowest BCUT2D eigenvalue weighted by Gasteiger charge is -2.03. The highest BCUT2D eigenvalue weighted by Crippen LogP contribution is 2.21. The van der Waals surface area contributed by atoms with Crippen molar-refractivity contribution in [2.75, 3.05) is 18.1 Å². The van der Waals surface area contributed by atoms with Crippen LogP contribution in [0.4, 0.5) is 16.0 Å². The van der Waals surface area contributed by atoms with Crippen LogP contribution in [0.1, 0.15) is 0 Å². The van der Waals surface area contributed by atoms with Crippen molar-refractivity contribution in [3.8, 4) is 11.3 Å². The number of halogens is 1. The zero-order chi connectivity index (χ0) is 14.3. The monoisotopic (exact) mass is 274 g/mol. The Hall–Kier alpha value is -2.90. The average Bonchev–Trinajstić information content (AvgIpc) is 2.85. The Morgan fingerprint density at radius 1 is 1.45 bits per heavy atom.